The Morgan fingerprint density at radius 1 is 0.905 bits per heavy atom. The van der Waals surface area contributed by atoms with Gasteiger partial charge in [0.1, 0.15) is 0 Å². The van der Waals surface area contributed by atoms with E-state index in [0.717, 1.165) is 26.2 Å². The van der Waals surface area contributed by atoms with Crippen molar-refractivity contribution in [2.24, 2.45) is 0 Å². The van der Waals surface area contributed by atoms with Gasteiger partial charge >= 0.3 is 0 Å². The summed E-state index contributed by atoms with van der Waals surface area (Å²) in [6.45, 7) is 14.1. The quantitative estimate of drug-likeness (QED) is 0.893. The SMILES string of the molecule is Cc1cccc(N2CCN(CCN3CCNCC3)CC2)c1. The summed E-state index contributed by atoms with van der Waals surface area (Å²) in [4.78, 5) is 7.73. The second-order valence-electron chi connectivity index (χ2n) is 6.26. The number of rotatable bonds is 4. The number of hydrogen-bond acceptors (Lipinski definition) is 4. The standard InChI is InChI=1S/C17H28N4/c1-16-3-2-4-17(15-16)21-13-11-20(12-14-21)10-9-19-7-5-18-6-8-19/h2-4,15,18H,5-14H2,1H3. The highest BCUT2D eigenvalue weighted by Crippen LogP contribution is 2.17. The zero-order chi connectivity index (χ0) is 14.5. The van der Waals surface area contributed by atoms with Crippen molar-refractivity contribution in [1.82, 2.24) is 15.1 Å². The monoisotopic (exact) mass is 288 g/mol. The van der Waals surface area contributed by atoms with Crippen LogP contribution in [0.25, 0.3) is 0 Å². The first kappa shape index (κ1) is 14.8. The molecular weight excluding hydrogens is 260 g/mol. The minimum atomic E-state index is 1.15. The zero-order valence-electron chi connectivity index (χ0n) is 13.2. The van der Waals surface area contributed by atoms with Crippen LogP contribution in [-0.2, 0) is 0 Å². The zero-order valence-corrected chi connectivity index (χ0v) is 13.2. The van der Waals surface area contributed by atoms with E-state index in [1.807, 2.05) is 0 Å². The lowest BCUT2D eigenvalue weighted by atomic mass is 10.2. The van der Waals surface area contributed by atoms with Crippen LogP contribution in [0.2, 0.25) is 0 Å². The van der Waals surface area contributed by atoms with E-state index in [4.69, 9.17) is 0 Å². The number of anilines is 1. The maximum Gasteiger partial charge on any atom is 0.0369 e. The van der Waals surface area contributed by atoms with Gasteiger partial charge in [-0.3, -0.25) is 9.80 Å². The summed E-state index contributed by atoms with van der Waals surface area (Å²) in [5, 5.41) is 3.42. The van der Waals surface area contributed by atoms with Crippen LogP contribution in [0.3, 0.4) is 0 Å². The molecule has 0 radical (unpaired) electrons. The fraction of sp³-hybridized carbons (Fsp3) is 0.647. The smallest absolute Gasteiger partial charge is 0.0369 e. The van der Waals surface area contributed by atoms with Crippen molar-refractivity contribution in [1.29, 1.82) is 0 Å². The van der Waals surface area contributed by atoms with Crippen molar-refractivity contribution < 1.29 is 0 Å². The summed E-state index contributed by atoms with van der Waals surface area (Å²) in [5.74, 6) is 0. The van der Waals surface area contributed by atoms with Gasteiger partial charge in [0.2, 0.25) is 0 Å². The van der Waals surface area contributed by atoms with E-state index in [1.54, 1.807) is 0 Å². The predicted molar refractivity (Wildman–Crippen MR) is 89.1 cm³/mol. The maximum atomic E-state index is 3.42. The summed E-state index contributed by atoms with van der Waals surface area (Å²) >= 11 is 0. The number of benzene rings is 1. The van der Waals surface area contributed by atoms with Gasteiger partial charge in [0, 0.05) is 71.1 Å². The van der Waals surface area contributed by atoms with Crippen molar-refractivity contribution in [3.8, 4) is 0 Å². The summed E-state index contributed by atoms with van der Waals surface area (Å²) in [7, 11) is 0. The van der Waals surface area contributed by atoms with Crippen LogP contribution in [-0.4, -0.2) is 75.2 Å². The van der Waals surface area contributed by atoms with Gasteiger partial charge in [-0.25, -0.2) is 0 Å². The average Bonchev–Trinajstić information content (AvgIpc) is 2.54. The third-order valence-electron chi connectivity index (χ3n) is 4.68. The number of aryl methyl sites for hydroxylation is 1. The Hall–Kier alpha value is -1.10. The Kier molecular flexibility index (Phi) is 5.12. The highest BCUT2D eigenvalue weighted by atomic mass is 15.3. The van der Waals surface area contributed by atoms with Crippen molar-refractivity contribution in [3.05, 3.63) is 29.8 Å². The first-order valence-electron chi connectivity index (χ1n) is 8.28. The second kappa shape index (κ2) is 7.25. The molecule has 21 heavy (non-hydrogen) atoms. The van der Waals surface area contributed by atoms with Crippen LogP contribution in [0.1, 0.15) is 5.56 Å². The fourth-order valence-corrected chi connectivity index (χ4v) is 3.27. The molecule has 0 saturated carbocycles. The second-order valence-corrected chi connectivity index (χ2v) is 6.26. The Balaban J connectivity index is 1.42. The summed E-state index contributed by atoms with van der Waals surface area (Å²) in [6.07, 6.45) is 0. The lowest BCUT2D eigenvalue weighted by Gasteiger charge is -2.37. The van der Waals surface area contributed by atoms with Crippen LogP contribution >= 0.6 is 0 Å². The van der Waals surface area contributed by atoms with Crippen LogP contribution < -0.4 is 10.2 Å². The van der Waals surface area contributed by atoms with E-state index in [2.05, 4.69) is 51.2 Å². The molecule has 0 bridgehead atoms. The van der Waals surface area contributed by atoms with Gasteiger partial charge in [-0.1, -0.05) is 12.1 Å². The minimum Gasteiger partial charge on any atom is -0.369 e. The van der Waals surface area contributed by atoms with Crippen molar-refractivity contribution in [3.63, 3.8) is 0 Å². The van der Waals surface area contributed by atoms with E-state index in [-0.39, 0.29) is 0 Å². The van der Waals surface area contributed by atoms with E-state index in [9.17, 15) is 0 Å². The molecule has 2 aliphatic heterocycles. The van der Waals surface area contributed by atoms with Crippen LogP contribution in [0.4, 0.5) is 5.69 Å². The summed E-state index contributed by atoms with van der Waals surface area (Å²) in [6, 6.07) is 8.88. The molecule has 3 rings (SSSR count). The molecular formula is C17H28N4. The van der Waals surface area contributed by atoms with Gasteiger partial charge in [-0.15, -0.1) is 0 Å². The summed E-state index contributed by atoms with van der Waals surface area (Å²) in [5.41, 5.74) is 2.74. The first-order valence-corrected chi connectivity index (χ1v) is 8.28. The fourth-order valence-electron chi connectivity index (χ4n) is 3.27. The van der Waals surface area contributed by atoms with Gasteiger partial charge < -0.3 is 10.2 Å². The molecule has 1 aromatic rings. The van der Waals surface area contributed by atoms with Crippen LogP contribution in [0.5, 0.6) is 0 Å². The number of nitrogens with zero attached hydrogens (tertiary/aromatic N) is 3. The molecule has 0 unspecified atom stereocenters. The Bertz CT molecular complexity index is 434. The molecule has 2 aliphatic rings. The highest BCUT2D eigenvalue weighted by molar-refractivity contribution is 5.48. The molecule has 4 nitrogen and oxygen atoms in total. The molecule has 2 saturated heterocycles. The van der Waals surface area contributed by atoms with Gasteiger partial charge in [-0.2, -0.15) is 0 Å². The van der Waals surface area contributed by atoms with E-state index < -0.39 is 0 Å². The van der Waals surface area contributed by atoms with Gasteiger partial charge in [0.25, 0.3) is 0 Å². The highest BCUT2D eigenvalue weighted by Gasteiger charge is 2.18. The maximum absolute atomic E-state index is 3.42. The molecule has 2 fully saturated rings. The first-order chi connectivity index (χ1) is 10.3. The third kappa shape index (κ3) is 4.19. The van der Waals surface area contributed by atoms with Crippen LogP contribution in [0.15, 0.2) is 24.3 Å². The molecule has 116 valence electrons. The van der Waals surface area contributed by atoms with E-state index in [1.165, 1.54) is 50.5 Å². The van der Waals surface area contributed by atoms with Gasteiger partial charge in [0.15, 0.2) is 0 Å². The molecule has 0 atom stereocenters. The Morgan fingerprint density at radius 2 is 1.57 bits per heavy atom. The molecule has 0 amide bonds. The molecule has 2 heterocycles. The predicted octanol–water partition coefficient (Wildman–Crippen LogP) is 1.02. The largest absolute Gasteiger partial charge is 0.369 e. The van der Waals surface area contributed by atoms with Crippen molar-refractivity contribution in [2.45, 2.75) is 6.92 Å². The van der Waals surface area contributed by atoms with Crippen molar-refractivity contribution >= 4 is 5.69 Å². The van der Waals surface area contributed by atoms with E-state index in [0.29, 0.717) is 0 Å². The molecule has 4 heteroatoms. The van der Waals surface area contributed by atoms with Crippen LogP contribution in [0, 0.1) is 6.92 Å². The average molecular weight is 288 g/mol. The van der Waals surface area contributed by atoms with Gasteiger partial charge in [0.05, 0.1) is 0 Å². The molecule has 1 N–H and O–H groups in total. The normalized spacial score (nSPS) is 21.7. The van der Waals surface area contributed by atoms with Crippen molar-refractivity contribution in [2.75, 3.05) is 70.3 Å². The lowest BCUT2D eigenvalue weighted by molar-refractivity contribution is 0.183. The molecule has 0 spiro atoms. The topological polar surface area (TPSA) is 21.8 Å². The lowest BCUT2D eigenvalue weighted by Crippen LogP contribution is -2.50. The minimum absolute atomic E-state index is 1.15. The van der Waals surface area contributed by atoms with E-state index >= 15 is 0 Å². The van der Waals surface area contributed by atoms with Gasteiger partial charge in [-0.05, 0) is 24.6 Å². The number of nitrogens with one attached hydrogen (secondary N) is 1. The number of hydrogen-bond donors (Lipinski definition) is 1. The Morgan fingerprint density at radius 3 is 2.24 bits per heavy atom. The summed E-state index contributed by atoms with van der Waals surface area (Å²) < 4.78 is 0. The molecule has 1 aromatic carbocycles. The molecule has 0 aromatic heterocycles. The number of piperazine rings is 2. The Labute approximate surface area is 128 Å². The molecule has 0 aliphatic carbocycles. The third-order valence-corrected chi connectivity index (χ3v) is 4.68.